The van der Waals surface area contributed by atoms with Crippen LogP contribution in [0.4, 0.5) is 0 Å². The van der Waals surface area contributed by atoms with E-state index in [0.29, 0.717) is 13.2 Å². The summed E-state index contributed by atoms with van der Waals surface area (Å²) in [5, 5.41) is 0. The van der Waals surface area contributed by atoms with Gasteiger partial charge in [-0.05, 0) is 25.0 Å². The van der Waals surface area contributed by atoms with Gasteiger partial charge < -0.3 is 9.47 Å². The zero-order valence-corrected chi connectivity index (χ0v) is 9.81. The molecule has 0 aliphatic carbocycles. The lowest BCUT2D eigenvalue weighted by Crippen LogP contribution is -2.06. The van der Waals surface area contributed by atoms with Gasteiger partial charge in [-0.3, -0.25) is 0 Å². The predicted octanol–water partition coefficient (Wildman–Crippen LogP) is 2.40. The normalized spacial score (nSPS) is 20.6. The number of allylic oxidation sites excluding steroid dienone is 5. The number of epoxide rings is 1. The molecule has 1 aliphatic rings. The first-order valence-corrected chi connectivity index (χ1v) is 5.55. The van der Waals surface area contributed by atoms with E-state index >= 15 is 0 Å². The average Bonchev–Trinajstić information content (AvgIpc) is 3.10. The number of hydrogen-bond donors (Lipinski definition) is 0. The van der Waals surface area contributed by atoms with Gasteiger partial charge >= 0.3 is 5.97 Å². The first-order valence-electron chi connectivity index (χ1n) is 5.55. The summed E-state index contributed by atoms with van der Waals surface area (Å²) in [7, 11) is 0. The van der Waals surface area contributed by atoms with Crippen LogP contribution in [0.15, 0.2) is 36.0 Å². The summed E-state index contributed by atoms with van der Waals surface area (Å²) in [5.74, 6) is -0.320. The van der Waals surface area contributed by atoms with Crippen molar-refractivity contribution in [2.45, 2.75) is 26.4 Å². The van der Waals surface area contributed by atoms with E-state index in [2.05, 4.69) is 6.92 Å². The molecule has 1 atom stereocenters. The Bertz CT molecular complexity index is 309. The summed E-state index contributed by atoms with van der Waals surface area (Å²) < 4.78 is 9.90. The number of carbonyl (C=O) groups is 1. The van der Waals surface area contributed by atoms with Gasteiger partial charge in [-0.1, -0.05) is 25.2 Å². The highest BCUT2D eigenvalue weighted by Crippen LogP contribution is 2.08. The molecule has 3 nitrogen and oxygen atoms in total. The molecule has 1 fully saturated rings. The van der Waals surface area contributed by atoms with Crippen molar-refractivity contribution in [2.24, 2.45) is 0 Å². The summed E-state index contributed by atoms with van der Waals surface area (Å²) in [6, 6.07) is 0. The predicted molar refractivity (Wildman–Crippen MR) is 63.0 cm³/mol. The van der Waals surface area contributed by atoms with Gasteiger partial charge in [0, 0.05) is 6.08 Å². The Morgan fingerprint density at radius 2 is 2.19 bits per heavy atom. The number of esters is 1. The second kappa shape index (κ2) is 7.01. The molecule has 1 saturated heterocycles. The maximum atomic E-state index is 11.3. The second-order valence-electron chi connectivity index (χ2n) is 3.52. The number of carbonyl (C=O) groups excluding carboxylic acids is 1. The zero-order chi connectivity index (χ0) is 11.8. The highest BCUT2D eigenvalue weighted by atomic mass is 16.6. The summed E-state index contributed by atoms with van der Waals surface area (Å²) >= 11 is 0. The van der Waals surface area contributed by atoms with E-state index in [1.165, 1.54) is 6.08 Å². The molecular weight excluding hydrogens is 204 g/mol. The van der Waals surface area contributed by atoms with Crippen molar-refractivity contribution in [3.05, 3.63) is 36.0 Å². The fourth-order valence-corrected chi connectivity index (χ4v) is 1.05. The van der Waals surface area contributed by atoms with E-state index in [-0.39, 0.29) is 12.1 Å². The third-order valence-electron chi connectivity index (χ3n) is 2.11. The molecule has 0 spiro atoms. The van der Waals surface area contributed by atoms with Gasteiger partial charge in [-0.15, -0.1) is 0 Å². The Morgan fingerprint density at radius 1 is 1.44 bits per heavy atom. The van der Waals surface area contributed by atoms with E-state index < -0.39 is 0 Å². The van der Waals surface area contributed by atoms with Gasteiger partial charge in [0.2, 0.25) is 0 Å². The molecule has 1 unspecified atom stereocenters. The van der Waals surface area contributed by atoms with Gasteiger partial charge in [-0.25, -0.2) is 4.79 Å². The standard InChI is InChI=1S/C13H18O3/c1-3-5-6-11(4-2)7-8-13(14)16-10-12-9-15-12/h4-8,12H,3,9-10H2,1-2H3/b6-5-,8-7+,11-4+. The molecule has 0 amide bonds. The average molecular weight is 222 g/mol. The smallest absolute Gasteiger partial charge is 0.330 e. The minimum atomic E-state index is -0.320. The van der Waals surface area contributed by atoms with E-state index in [0.717, 1.165) is 12.0 Å². The molecule has 0 N–H and O–H groups in total. The minimum absolute atomic E-state index is 0.124. The van der Waals surface area contributed by atoms with Crippen LogP contribution in [0.3, 0.4) is 0 Å². The highest BCUT2D eigenvalue weighted by molar-refractivity contribution is 5.82. The molecule has 1 heterocycles. The van der Waals surface area contributed by atoms with Gasteiger partial charge in [0.25, 0.3) is 0 Å². The Morgan fingerprint density at radius 3 is 2.75 bits per heavy atom. The van der Waals surface area contributed by atoms with Crippen molar-refractivity contribution < 1.29 is 14.3 Å². The third kappa shape index (κ3) is 5.51. The van der Waals surface area contributed by atoms with Crippen LogP contribution in [-0.4, -0.2) is 25.3 Å². The Balaban J connectivity index is 2.31. The maximum absolute atomic E-state index is 11.3. The van der Waals surface area contributed by atoms with Gasteiger partial charge in [0.1, 0.15) is 12.7 Å². The van der Waals surface area contributed by atoms with Crippen LogP contribution in [-0.2, 0) is 14.3 Å². The summed E-state index contributed by atoms with van der Waals surface area (Å²) in [4.78, 5) is 11.3. The topological polar surface area (TPSA) is 38.8 Å². The molecule has 1 aliphatic heterocycles. The van der Waals surface area contributed by atoms with Crippen LogP contribution >= 0.6 is 0 Å². The lowest BCUT2D eigenvalue weighted by molar-refractivity contribution is -0.138. The van der Waals surface area contributed by atoms with Crippen LogP contribution in [0.5, 0.6) is 0 Å². The number of hydrogen-bond acceptors (Lipinski definition) is 3. The minimum Gasteiger partial charge on any atom is -0.460 e. The molecule has 0 saturated carbocycles. The first-order chi connectivity index (χ1) is 7.76. The largest absolute Gasteiger partial charge is 0.460 e. The molecule has 88 valence electrons. The summed E-state index contributed by atoms with van der Waals surface area (Å²) in [6.45, 7) is 5.07. The molecule has 0 aromatic rings. The summed E-state index contributed by atoms with van der Waals surface area (Å²) in [6.07, 6.45) is 10.3. The van der Waals surface area contributed by atoms with Crippen molar-refractivity contribution >= 4 is 5.97 Å². The molecular formula is C13H18O3. The van der Waals surface area contributed by atoms with Crippen molar-refractivity contribution in [1.82, 2.24) is 0 Å². The Kier molecular flexibility index (Phi) is 5.57. The molecule has 0 aromatic heterocycles. The number of ether oxygens (including phenoxy) is 2. The monoisotopic (exact) mass is 222 g/mol. The second-order valence-corrected chi connectivity index (χ2v) is 3.52. The van der Waals surface area contributed by atoms with Crippen molar-refractivity contribution in [3.63, 3.8) is 0 Å². The van der Waals surface area contributed by atoms with Gasteiger partial charge in [-0.2, -0.15) is 0 Å². The highest BCUT2D eigenvalue weighted by Gasteiger charge is 2.23. The van der Waals surface area contributed by atoms with Crippen molar-refractivity contribution in [3.8, 4) is 0 Å². The van der Waals surface area contributed by atoms with E-state index in [1.807, 2.05) is 25.2 Å². The van der Waals surface area contributed by atoms with Crippen LogP contribution in [0.2, 0.25) is 0 Å². The SMILES string of the molecule is C/C=C(\C=C/CC)/C=C/C(=O)OCC1CO1. The van der Waals surface area contributed by atoms with Crippen molar-refractivity contribution in [2.75, 3.05) is 13.2 Å². The zero-order valence-electron chi connectivity index (χ0n) is 9.81. The Labute approximate surface area is 96.4 Å². The Hall–Kier alpha value is -1.35. The fourth-order valence-electron chi connectivity index (χ4n) is 1.05. The fraction of sp³-hybridized carbons (Fsp3) is 0.462. The van der Waals surface area contributed by atoms with E-state index in [9.17, 15) is 4.79 Å². The lowest BCUT2D eigenvalue weighted by Gasteiger charge is -1.97. The quantitative estimate of drug-likeness (QED) is 0.300. The molecule has 0 bridgehead atoms. The maximum Gasteiger partial charge on any atom is 0.330 e. The van der Waals surface area contributed by atoms with E-state index in [4.69, 9.17) is 9.47 Å². The lowest BCUT2D eigenvalue weighted by atomic mass is 10.2. The van der Waals surface area contributed by atoms with Crippen LogP contribution in [0, 0.1) is 0 Å². The van der Waals surface area contributed by atoms with Gasteiger partial charge in [0.15, 0.2) is 0 Å². The van der Waals surface area contributed by atoms with E-state index in [1.54, 1.807) is 6.08 Å². The van der Waals surface area contributed by atoms with Crippen LogP contribution in [0.1, 0.15) is 20.3 Å². The molecule has 0 aromatic carbocycles. The molecule has 3 heteroatoms. The van der Waals surface area contributed by atoms with Gasteiger partial charge in [0.05, 0.1) is 6.61 Å². The molecule has 1 rings (SSSR count). The van der Waals surface area contributed by atoms with Crippen LogP contribution < -0.4 is 0 Å². The number of rotatable bonds is 6. The molecule has 0 radical (unpaired) electrons. The van der Waals surface area contributed by atoms with Crippen LogP contribution in [0.25, 0.3) is 0 Å². The third-order valence-corrected chi connectivity index (χ3v) is 2.11. The van der Waals surface area contributed by atoms with Crippen molar-refractivity contribution in [1.29, 1.82) is 0 Å². The summed E-state index contributed by atoms with van der Waals surface area (Å²) in [5.41, 5.74) is 1.00. The molecule has 16 heavy (non-hydrogen) atoms. The first kappa shape index (κ1) is 12.7.